The maximum absolute atomic E-state index is 12.4. The summed E-state index contributed by atoms with van der Waals surface area (Å²) in [6, 6.07) is 13.9. The summed E-state index contributed by atoms with van der Waals surface area (Å²) in [5, 5.41) is 11.3. The molecule has 1 aromatic carbocycles. The van der Waals surface area contributed by atoms with Gasteiger partial charge in [-0.05, 0) is 56.3 Å². The first-order valence-corrected chi connectivity index (χ1v) is 12.9. The van der Waals surface area contributed by atoms with Crippen LogP contribution in [-0.2, 0) is 6.54 Å². The third-order valence-corrected chi connectivity index (χ3v) is 7.15. The molecule has 9 nitrogen and oxygen atoms in total. The van der Waals surface area contributed by atoms with E-state index in [-0.39, 0.29) is 18.0 Å². The van der Waals surface area contributed by atoms with Crippen LogP contribution in [0.2, 0.25) is 4.34 Å². The van der Waals surface area contributed by atoms with Crippen molar-refractivity contribution in [3.63, 3.8) is 0 Å². The minimum Gasteiger partial charge on any atom is -0.490 e. The Kier molecular flexibility index (Phi) is 7.45. The van der Waals surface area contributed by atoms with Crippen molar-refractivity contribution in [2.45, 2.75) is 19.4 Å². The van der Waals surface area contributed by atoms with Gasteiger partial charge in [-0.25, -0.2) is 4.68 Å². The number of rotatable bonds is 9. The molecule has 0 spiro atoms. The van der Waals surface area contributed by atoms with Gasteiger partial charge in [0.1, 0.15) is 23.7 Å². The first-order valence-electron chi connectivity index (χ1n) is 11.7. The summed E-state index contributed by atoms with van der Waals surface area (Å²) >= 11 is 7.14. The van der Waals surface area contributed by atoms with E-state index >= 15 is 0 Å². The number of ether oxygens (including phenoxy) is 1. The molecule has 1 saturated heterocycles. The predicted octanol–water partition coefficient (Wildman–Crippen LogP) is 3.54. The molecular formula is C25H25ClN6O3S. The first-order chi connectivity index (χ1) is 17.6. The smallest absolute Gasteiger partial charge is 0.261 e. The molecule has 0 bridgehead atoms. The number of carbonyl (C=O) groups excluding carboxylic acids is 1. The highest BCUT2D eigenvalue weighted by Crippen LogP contribution is 2.26. The van der Waals surface area contributed by atoms with Crippen molar-refractivity contribution in [2.75, 3.05) is 26.2 Å². The van der Waals surface area contributed by atoms with Crippen molar-refractivity contribution < 1.29 is 9.53 Å². The Morgan fingerprint density at radius 3 is 2.78 bits per heavy atom. The lowest BCUT2D eigenvalue weighted by Gasteiger charge is -2.17. The maximum Gasteiger partial charge on any atom is 0.261 e. The zero-order valence-electron chi connectivity index (χ0n) is 19.5. The number of halogens is 1. The van der Waals surface area contributed by atoms with Gasteiger partial charge >= 0.3 is 0 Å². The number of nitrogens with zero attached hydrogens (tertiary/aromatic N) is 5. The molecule has 0 radical (unpaired) electrons. The number of pyridine rings is 1. The quantitative estimate of drug-likeness (QED) is 0.360. The van der Waals surface area contributed by atoms with Crippen LogP contribution >= 0.6 is 22.9 Å². The summed E-state index contributed by atoms with van der Waals surface area (Å²) in [5.74, 6) is 0.376. The van der Waals surface area contributed by atoms with Crippen molar-refractivity contribution in [2.24, 2.45) is 0 Å². The van der Waals surface area contributed by atoms with E-state index < -0.39 is 0 Å². The Labute approximate surface area is 216 Å². The Hall–Kier alpha value is -3.47. The molecule has 1 aliphatic rings. The average molecular weight is 525 g/mol. The van der Waals surface area contributed by atoms with Crippen LogP contribution in [0, 0.1) is 0 Å². The van der Waals surface area contributed by atoms with Crippen LogP contribution in [0.5, 0.6) is 5.75 Å². The van der Waals surface area contributed by atoms with Gasteiger partial charge in [0.2, 0.25) is 0 Å². The van der Waals surface area contributed by atoms with Crippen LogP contribution in [0.25, 0.3) is 11.4 Å². The summed E-state index contributed by atoms with van der Waals surface area (Å²) < 4.78 is 9.94. The highest BCUT2D eigenvalue weighted by atomic mass is 35.5. The van der Waals surface area contributed by atoms with Gasteiger partial charge in [0.15, 0.2) is 0 Å². The topological polar surface area (TPSA) is 94.3 Å². The predicted molar refractivity (Wildman–Crippen MR) is 139 cm³/mol. The molecule has 0 atom stereocenters. The van der Waals surface area contributed by atoms with Crippen LogP contribution in [0.15, 0.2) is 65.7 Å². The average Bonchev–Trinajstić information content (AvgIpc) is 3.66. The molecule has 4 heterocycles. The summed E-state index contributed by atoms with van der Waals surface area (Å²) in [5.41, 5.74) is 1.86. The molecule has 11 heteroatoms. The molecule has 36 heavy (non-hydrogen) atoms. The number of hydrogen-bond acceptors (Lipinski definition) is 7. The molecule has 3 aromatic heterocycles. The first kappa shape index (κ1) is 24.2. The normalized spacial score (nSPS) is 13.7. The van der Waals surface area contributed by atoms with E-state index in [9.17, 15) is 9.59 Å². The highest BCUT2D eigenvalue weighted by Gasteiger charge is 2.15. The fraction of sp³-hybridized carbons (Fsp3) is 0.280. The molecule has 1 amide bonds. The second-order valence-electron chi connectivity index (χ2n) is 8.40. The van der Waals surface area contributed by atoms with Gasteiger partial charge in [0.25, 0.3) is 11.5 Å². The number of amides is 1. The van der Waals surface area contributed by atoms with Gasteiger partial charge in [-0.2, -0.15) is 0 Å². The van der Waals surface area contributed by atoms with Crippen LogP contribution in [0.3, 0.4) is 0 Å². The molecule has 0 saturated carbocycles. The number of benzene rings is 1. The monoisotopic (exact) mass is 524 g/mol. The van der Waals surface area contributed by atoms with Gasteiger partial charge in [0.05, 0.1) is 27.6 Å². The standard InChI is InChI=1S/C25H25ClN6O3S/c26-23-9-8-22(36-23)25(34)27-16-18-17-32(29-28-18)20-7-6-19(31-12-2-1-5-24(31)33)15-21(20)35-14-13-30-10-3-4-11-30/h1-2,5-9,12,15,17H,3-4,10-11,13-14,16H2,(H,27,34). The van der Waals surface area contributed by atoms with Gasteiger partial charge in [-0.1, -0.05) is 22.9 Å². The van der Waals surface area contributed by atoms with Gasteiger partial charge in [-0.3, -0.25) is 19.1 Å². The summed E-state index contributed by atoms with van der Waals surface area (Å²) in [4.78, 5) is 27.6. The van der Waals surface area contributed by atoms with E-state index in [2.05, 4.69) is 20.5 Å². The molecule has 186 valence electrons. The minimum atomic E-state index is -0.218. The lowest BCUT2D eigenvalue weighted by atomic mass is 10.2. The van der Waals surface area contributed by atoms with Crippen LogP contribution in [0.1, 0.15) is 28.2 Å². The Morgan fingerprint density at radius 1 is 1.14 bits per heavy atom. The summed E-state index contributed by atoms with van der Waals surface area (Å²) in [6.07, 6.45) is 5.91. The summed E-state index contributed by atoms with van der Waals surface area (Å²) in [6.45, 7) is 3.74. The number of aromatic nitrogens is 4. The van der Waals surface area contributed by atoms with Crippen molar-refractivity contribution in [1.29, 1.82) is 0 Å². The van der Waals surface area contributed by atoms with Crippen molar-refractivity contribution >= 4 is 28.8 Å². The molecule has 5 rings (SSSR count). The van der Waals surface area contributed by atoms with E-state index in [1.54, 1.807) is 39.8 Å². The van der Waals surface area contributed by atoms with Gasteiger partial charge in [0, 0.05) is 24.9 Å². The van der Waals surface area contributed by atoms with Gasteiger partial charge in [-0.15, -0.1) is 16.4 Å². The third kappa shape index (κ3) is 5.67. The van der Waals surface area contributed by atoms with E-state index in [1.165, 1.54) is 30.2 Å². The van der Waals surface area contributed by atoms with E-state index in [1.807, 2.05) is 24.3 Å². The fourth-order valence-electron chi connectivity index (χ4n) is 4.08. The minimum absolute atomic E-state index is 0.126. The summed E-state index contributed by atoms with van der Waals surface area (Å²) in [7, 11) is 0. The van der Waals surface area contributed by atoms with Crippen molar-refractivity contribution in [3.8, 4) is 17.1 Å². The SMILES string of the molecule is O=C(NCc1cn(-c2ccc(-n3ccccc3=O)cc2OCCN2CCCC2)nn1)c1ccc(Cl)s1. The second-order valence-corrected chi connectivity index (χ2v) is 10.1. The number of nitrogens with one attached hydrogen (secondary N) is 1. The Balaban J connectivity index is 1.35. The van der Waals surface area contributed by atoms with Crippen molar-refractivity contribution in [3.05, 3.63) is 86.2 Å². The van der Waals surface area contributed by atoms with Crippen LogP contribution in [-0.4, -0.2) is 56.6 Å². The highest BCUT2D eigenvalue weighted by molar-refractivity contribution is 7.17. The molecule has 1 fully saturated rings. The van der Waals surface area contributed by atoms with Crippen molar-refractivity contribution in [1.82, 2.24) is 29.8 Å². The number of likely N-dealkylation sites (tertiary alicyclic amines) is 1. The van der Waals surface area contributed by atoms with Crippen LogP contribution in [0.4, 0.5) is 0 Å². The Bertz CT molecular complexity index is 1410. The fourth-order valence-corrected chi connectivity index (χ4v) is 5.04. The maximum atomic E-state index is 12.4. The molecule has 0 unspecified atom stereocenters. The zero-order chi connectivity index (χ0) is 24.9. The van der Waals surface area contributed by atoms with Gasteiger partial charge < -0.3 is 10.1 Å². The molecule has 4 aromatic rings. The number of hydrogen-bond donors (Lipinski definition) is 1. The number of carbonyl (C=O) groups is 1. The molecule has 1 aliphatic heterocycles. The Morgan fingerprint density at radius 2 is 2.00 bits per heavy atom. The molecule has 1 N–H and O–H groups in total. The molecular weight excluding hydrogens is 500 g/mol. The second kappa shape index (κ2) is 11.1. The van der Waals surface area contributed by atoms with E-state index in [0.29, 0.717) is 38.6 Å². The lowest BCUT2D eigenvalue weighted by Crippen LogP contribution is -2.25. The third-order valence-electron chi connectivity index (χ3n) is 5.92. The van der Waals surface area contributed by atoms with E-state index in [4.69, 9.17) is 16.3 Å². The largest absolute Gasteiger partial charge is 0.490 e. The lowest BCUT2D eigenvalue weighted by molar-refractivity contribution is 0.0954. The van der Waals surface area contributed by atoms with Crippen LogP contribution < -0.4 is 15.6 Å². The number of thiophene rings is 1. The molecule has 0 aliphatic carbocycles. The zero-order valence-corrected chi connectivity index (χ0v) is 21.0. The van der Waals surface area contributed by atoms with E-state index in [0.717, 1.165) is 19.6 Å².